The molecule has 8 nitrogen and oxygen atoms in total. The van der Waals surface area contributed by atoms with Crippen molar-refractivity contribution in [1.82, 2.24) is 15.1 Å². The lowest BCUT2D eigenvalue weighted by Crippen LogP contribution is -2.57. The Balaban J connectivity index is 1.68. The quantitative estimate of drug-likeness (QED) is 0.544. The number of amides is 3. The summed E-state index contributed by atoms with van der Waals surface area (Å²) in [5.41, 5.74) is 0.248. The first kappa shape index (κ1) is 25.0. The number of benzene rings is 1. The molecule has 1 N–H and O–H groups in total. The lowest BCUT2D eigenvalue weighted by atomic mass is 9.85. The van der Waals surface area contributed by atoms with Crippen molar-refractivity contribution in [3.8, 4) is 0 Å². The van der Waals surface area contributed by atoms with E-state index in [0.29, 0.717) is 64.7 Å². The average Bonchev–Trinajstić information content (AvgIpc) is 3.05. The molecular formula is C25H38N4O4. The molecule has 0 bridgehead atoms. The molecule has 0 unspecified atom stereocenters. The zero-order valence-electron chi connectivity index (χ0n) is 20.2. The number of likely N-dealkylation sites (tertiary alicyclic amines) is 1. The molecule has 2 fully saturated rings. The second-order valence-electron chi connectivity index (χ2n) is 9.32. The maximum absolute atomic E-state index is 13.7. The molecule has 2 aliphatic rings. The molecule has 0 aromatic heterocycles. The van der Waals surface area contributed by atoms with Gasteiger partial charge in [0.15, 0.2) is 0 Å². The molecule has 3 amide bonds. The third-order valence-corrected chi connectivity index (χ3v) is 6.43. The van der Waals surface area contributed by atoms with Crippen molar-refractivity contribution in [3.05, 3.63) is 30.3 Å². The van der Waals surface area contributed by atoms with Gasteiger partial charge in [0.05, 0.1) is 6.67 Å². The Morgan fingerprint density at radius 1 is 1.15 bits per heavy atom. The molecule has 8 heteroatoms. The maximum Gasteiger partial charge on any atom is 0.250 e. The van der Waals surface area contributed by atoms with Crippen LogP contribution in [0.3, 0.4) is 0 Å². The molecule has 2 aliphatic heterocycles. The zero-order chi connectivity index (χ0) is 23.8. The van der Waals surface area contributed by atoms with Gasteiger partial charge in [-0.1, -0.05) is 32.0 Å². The minimum Gasteiger partial charge on any atom is -0.382 e. The first-order valence-electron chi connectivity index (χ1n) is 12.1. The van der Waals surface area contributed by atoms with Crippen molar-refractivity contribution in [2.24, 2.45) is 5.92 Å². The number of anilines is 1. The number of rotatable bonds is 10. The Morgan fingerprint density at radius 2 is 1.85 bits per heavy atom. The van der Waals surface area contributed by atoms with Crippen LogP contribution in [-0.4, -0.2) is 79.1 Å². The number of piperidine rings is 1. The van der Waals surface area contributed by atoms with Crippen LogP contribution in [0, 0.1) is 5.92 Å². The van der Waals surface area contributed by atoms with Gasteiger partial charge in [0.1, 0.15) is 12.1 Å². The van der Waals surface area contributed by atoms with Gasteiger partial charge in [-0.05, 0) is 44.2 Å². The van der Waals surface area contributed by atoms with E-state index in [4.69, 9.17) is 4.74 Å². The molecule has 0 aliphatic carbocycles. The highest BCUT2D eigenvalue weighted by Crippen LogP contribution is 2.39. The number of carbonyl (C=O) groups is 3. The molecule has 3 rings (SSSR count). The van der Waals surface area contributed by atoms with Gasteiger partial charge in [-0.25, -0.2) is 0 Å². The molecular weight excluding hydrogens is 420 g/mol. The largest absolute Gasteiger partial charge is 0.382 e. The molecule has 1 aromatic carbocycles. The van der Waals surface area contributed by atoms with Gasteiger partial charge in [-0.3, -0.25) is 14.4 Å². The van der Waals surface area contributed by atoms with Gasteiger partial charge in [0.25, 0.3) is 5.91 Å². The minimum absolute atomic E-state index is 0.0215. The van der Waals surface area contributed by atoms with Gasteiger partial charge >= 0.3 is 0 Å². The standard InChI is InChI=1S/C25H38N4O4/c1-4-33-16-8-13-26-22(30)18-28-19-29(21-9-6-5-7-10-21)25(24(28)32)11-14-27(15-12-25)23(31)17-20(2)3/h5-7,9-10,20H,4,8,11-19H2,1-3H3,(H,26,30). The minimum atomic E-state index is -0.717. The van der Waals surface area contributed by atoms with Crippen molar-refractivity contribution in [1.29, 1.82) is 0 Å². The lowest BCUT2D eigenvalue weighted by molar-refractivity contribution is -0.140. The molecule has 2 heterocycles. The Bertz CT molecular complexity index is 806. The first-order chi connectivity index (χ1) is 15.9. The number of carbonyl (C=O) groups excluding carboxylic acids is 3. The van der Waals surface area contributed by atoms with E-state index in [1.807, 2.05) is 56.0 Å². The first-order valence-corrected chi connectivity index (χ1v) is 12.1. The summed E-state index contributed by atoms with van der Waals surface area (Å²) in [7, 11) is 0. The molecule has 0 atom stereocenters. The van der Waals surface area contributed by atoms with E-state index in [1.54, 1.807) is 4.90 Å². The van der Waals surface area contributed by atoms with Crippen molar-refractivity contribution < 1.29 is 19.1 Å². The van der Waals surface area contributed by atoms with Gasteiger partial charge in [-0.15, -0.1) is 0 Å². The van der Waals surface area contributed by atoms with E-state index < -0.39 is 5.54 Å². The summed E-state index contributed by atoms with van der Waals surface area (Å²) >= 11 is 0. The van der Waals surface area contributed by atoms with Gasteiger partial charge in [0, 0.05) is 45.0 Å². The van der Waals surface area contributed by atoms with Gasteiger partial charge < -0.3 is 24.8 Å². The Kier molecular flexibility index (Phi) is 8.72. The fourth-order valence-corrected chi connectivity index (χ4v) is 4.70. The third kappa shape index (κ3) is 6.05. The third-order valence-electron chi connectivity index (χ3n) is 6.43. The number of hydrogen-bond acceptors (Lipinski definition) is 5. The second-order valence-corrected chi connectivity index (χ2v) is 9.32. The van der Waals surface area contributed by atoms with Crippen molar-refractivity contribution in [2.75, 3.05) is 51.0 Å². The van der Waals surface area contributed by atoms with Crippen LogP contribution in [0.1, 0.15) is 46.5 Å². The van der Waals surface area contributed by atoms with Crippen LogP contribution in [-0.2, 0) is 19.1 Å². The van der Waals surface area contributed by atoms with Crippen molar-refractivity contribution in [2.45, 2.75) is 52.0 Å². The van der Waals surface area contributed by atoms with E-state index in [9.17, 15) is 14.4 Å². The number of hydrogen-bond donors (Lipinski definition) is 1. The Morgan fingerprint density at radius 3 is 2.48 bits per heavy atom. The fourth-order valence-electron chi connectivity index (χ4n) is 4.70. The topological polar surface area (TPSA) is 82.2 Å². The van der Waals surface area contributed by atoms with E-state index in [1.165, 1.54) is 0 Å². The number of para-hydroxylation sites is 1. The highest BCUT2D eigenvalue weighted by Gasteiger charge is 2.54. The van der Waals surface area contributed by atoms with Crippen LogP contribution in [0.5, 0.6) is 0 Å². The van der Waals surface area contributed by atoms with E-state index in [2.05, 4.69) is 10.2 Å². The summed E-state index contributed by atoms with van der Waals surface area (Å²) in [5, 5.41) is 2.89. The average molecular weight is 459 g/mol. The molecule has 33 heavy (non-hydrogen) atoms. The zero-order valence-corrected chi connectivity index (χ0v) is 20.2. The molecule has 0 saturated carbocycles. The molecule has 1 spiro atoms. The highest BCUT2D eigenvalue weighted by atomic mass is 16.5. The summed E-state index contributed by atoms with van der Waals surface area (Å²) in [6.07, 6.45) is 2.40. The van der Waals surface area contributed by atoms with E-state index in [0.717, 1.165) is 12.1 Å². The fraction of sp³-hybridized carbons (Fsp3) is 0.640. The predicted molar refractivity (Wildman–Crippen MR) is 128 cm³/mol. The Labute approximate surface area is 197 Å². The van der Waals surface area contributed by atoms with E-state index >= 15 is 0 Å². The summed E-state index contributed by atoms with van der Waals surface area (Å²) in [5.74, 6) is 0.283. The predicted octanol–water partition coefficient (Wildman–Crippen LogP) is 2.24. The monoisotopic (exact) mass is 458 g/mol. The highest BCUT2D eigenvalue weighted by molar-refractivity contribution is 5.96. The number of nitrogens with one attached hydrogen (secondary N) is 1. The van der Waals surface area contributed by atoms with Crippen LogP contribution in [0.4, 0.5) is 5.69 Å². The van der Waals surface area contributed by atoms with E-state index in [-0.39, 0.29) is 24.3 Å². The summed E-state index contributed by atoms with van der Waals surface area (Å²) in [4.78, 5) is 44.4. The summed E-state index contributed by atoms with van der Waals surface area (Å²) in [6, 6.07) is 9.88. The SMILES string of the molecule is CCOCCCNC(=O)CN1CN(c2ccccc2)C2(CCN(C(=O)CC(C)C)CC2)C1=O. The summed E-state index contributed by atoms with van der Waals surface area (Å²) in [6.45, 7) is 9.34. The summed E-state index contributed by atoms with van der Waals surface area (Å²) < 4.78 is 5.30. The number of ether oxygens (including phenoxy) is 1. The molecule has 2 saturated heterocycles. The van der Waals surface area contributed by atoms with Crippen molar-refractivity contribution >= 4 is 23.4 Å². The maximum atomic E-state index is 13.7. The molecule has 182 valence electrons. The van der Waals surface area contributed by atoms with Gasteiger partial charge in [0.2, 0.25) is 11.8 Å². The second kappa shape index (κ2) is 11.5. The van der Waals surface area contributed by atoms with Crippen LogP contribution in [0.2, 0.25) is 0 Å². The van der Waals surface area contributed by atoms with Gasteiger partial charge in [-0.2, -0.15) is 0 Å². The molecule has 1 aromatic rings. The molecule has 0 radical (unpaired) electrons. The van der Waals surface area contributed by atoms with Crippen LogP contribution < -0.4 is 10.2 Å². The lowest BCUT2D eigenvalue weighted by Gasteiger charge is -2.43. The Hall–Kier alpha value is -2.61. The van der Waals surface area contributed by atoms with Crippen LogP contribution in [0.15, 0.2) is 30.3 Å². The van der Waals surface area contributed by atoms with Crippen LogP contribution >= 0.6 is 0 Å². The normalized spacial score (nSPS) is 17.8. The van der Waals surface area contributed by atoms with Crippen molar-refractivity contribution in [3.63, 3.8) is 0 Å². The number of nitrogens with zero attached hydrogens (tertiary/aromatic N) is 3. The smallest absolute Gasteiger partial charge is 0.250 e. The van der Waals surface area contributed by atoms with Crippen LogP contribution in [0.25, 0.3) is 0 Å².